The summed E-state index contributed by atoms with van der Waals surface area (Å²) in [6, 6.07) is 16.2. The predicted molar refractivity (Wildman–Crippen MR) is 83.4 cm³/mol. The van der Waals surface area contributed by atoms with Crippen LogP contribution in [0.1, 0.15) is 17.3 Å². The van der Waals surface area contributed by atoms with Gasteiger partial charge in [0.05, 0.1) is 17.7 Å². The largest absolute Gasteiger partial charge is 0.660 e. The Bertz CT molecular complexity index is 811. The molecular weight excluding hydrogens is 294 g/mol. The van der Waals surface area contributed by atoms with Gasteiger partial charge in [-0.1, -0.05) is 18.2 Å². The minimum absolute atomic E-state index is 0.0225. The third-order valence-corrected chi connectivity index (χ3v) is 3.31. The van der Waals surface area contributed by atoms with E-state index in [0.29, 0.717) is 23.6 Å². The highest BCUT2D eigenvalue weighted by atomic mass is 16.5. The molecule has 0 saturated heterocycles. The van der Waals surface area contributed by atoms with Crippen molar-refractivity contribution in [2.45, 2.75) is 6.92 Å². The molecule has 0 radical (unpaired) electrons. The van der Waals surface area contributed by atoms with E-state index < -0.39 is 0 Å². The van der Waals surface area contributed by atoms with Crippen LogP contribution >= 0.6 is 0 Å². The Morgan fingerprint density at radius 3 is 2.52 bits per heavy atom. The average molecular weight is 309 g/mol. The van der Waals surface area contributed by atoms with Crippen molar-refractivity contribution in [1.82, 2.24) is 5.27 Å². The first-order valence-corrected chi connectivity index (χ1v) is 7.17. The lowest BCUT2D eigenvalue weighted by Gasteiger charge is -2.01. The first-order valence-electron chi connectivity index (χ1n) is 7.17. The fraction of sp³-hybridized carbons (Fsp3) is 0.118. The zero-order chi connectivity index (χ0) is 16.2. The quantitative estimate of drug-likeness (QED) is 0.546. The van der Waals surface area contributed by atoms with Crippen LogP contribution in [0.25, 0.3) is 22.7 Å². The molecule has 0 atom stereocenters. The van der Waals surface area contributed by atoms with Gasteiger partial charge in [0.1, 0.15) is 5.88 Å². The van der Waals surface area contributed by atoms with Crippen molar-refractivity contribution in [3.8, 4) is 16.9 Å². The minimum atomic E-state index is -0.367. The van der Waals surface area contributed by atoms with Gasteiger partial charge in [0.2, 0.25) is 11.0 Å². The summed E-state index contributed by atoms with van der Waals surface area (Å²) in [7, 11) is 0. The topological polar surface area (TPSA) is 80.0 Å². The number of nitrogens with zero attached hydrogens (tertiary/aromatic N) is 2. The van der Waals surface area contributed by atoms with Crippen molar-refractivity contribution >= 4 is 11.9 Å². The van der Waals surface area contributed by atoms with Crippen LogP contribution in [-0.2, 0) is 4.74 Å². The summed E-state index contributed by atoms with van der Waals surface area (Å²) in [5.74, 6) is -0.390. The van der Waals surface area contributed by atoms with Gasteiger partial charge in [-0.05, 0) is 35.9 Å². The van der Waals surface area contributed by atoms with Crippen molar-refractivity contribution in [2.75, 3.05) is 6.61 Å². The van der Waals surface area contributed by atoms with Crippen LogP contribution in [0.3, 0.4) is 0 Å². The monoisotopic (exact) mass is 309 g/mol. The van der Waals surface area contributed by atoms with Crippen molar-refractivity contribution < 1.29 is 18.7 Å². The Hall–Kier alpha value is -3.15. The van der Waals surface area contributed by atoms with Crippen LogP contribution in [0.2, 0.25) is 0 Å². The maximum Gasteiger partial charge on any atom is 0.338 e. The van der Waals surface area contributed by atoms with Gasteiger partial charge in [-0.25, -0.2) is 4.79 Å². The summed E-state index contributed by atoms with van der Waals surface area (Å²) in [4.78, 5) is 11.7. The number of ether oxygens (including phenoxy) is 1. The summed E-state index contributed by atoms with van der Waals surface area (Å²) in [6.45, 7) is 2.10. The van der Waals surface area contributed by atoms with E-state index in [1.807, 2.05) is 30.3 Å². The second kappa shape index (κ2) is 6.31. The smallest absolute Gasteiger partial charge is 0.338 e. The Labute approximate surface area is 133 Å². The van der Waals surface area contributed by atoms with Crippen LogP contribution in [0.4, 0.5) is 5.88 Å². The third kappa shape index (κ3) is 2.91. The highest BCUT2D eigenvalue weighted by Crippen LogP contribution is 2.26. The highest BCUT2D eigenvalue weighted by Gasteiger charge is 2.23. The number of nitrogens with one attached hydrogen (secondary N) is 1. The molecule has 6 nitrogen and oxygen atoms in total. The van der Waals surface area contributed by atoms with E-state index in [9.17, 15) is 4.79 Å². The third-order valence-electron chi connectivity index (χ3n) is 3.31. The number of benzene rings is 2. The second-order valence-corrected chi connectivity index (χ2v) is 4.80. The maximum atomic E-state index is 11.7. The lowest BCUT2D eigenvalue weighted by atomic mass is 10.1. The molecule has 1 aromatic heterocycles. The van der Waals surface area contributed by atoms with Gasteiger partial charge in [-0.15, -0.1) is 0 Å². The molecule has 0 bridgehead atoms. The van der Waals surface area contributed by atoms with E-state index in [-0.39, 0.29) is 11.9 Å². The summed E-state index contributed by atoms with van der Waals surface area (Å²) >= 11 is 0. The molecule has 3 rings (SSSR count). The molecule has 0 aliphatic rings. The number of hydrogen-bond donors (Lipinski definition) is 0. The number of aromatic nitrogens is 2. The Kier molecular flexibility index (Phi) is 4.05. The first-order chi connectivity index (χ1) is 11.2. The van der Waals surface area contributed by atoms with Crippen molar-refractivity contribution in [3.05, 3.63) is 65.9 Å². The summed E-state index contributed by atoms with van der Waals surface area (Å²) < 4.78 is 11.5. The Morgan fingerprint density at radius 2 is 1.87 bits per heavy atom. The molecule has 0 spiro atoms. The normalized spacial score (nSPS) is 10.5. The lowest BCUT2D eigenvalue weighted by molar-refractivity contribution is -0.660. The average Bonchev–Trinajstić information content (AvgIpc) is 2.97. The molecule has 23 heavy (non-hydrogen) atoms. The summed E-state index contributed by atoms with van der Waals surface area (Å²) in [5, 5.41) is 3.91. The van der Waals surface area contributed by atoms with Crippen molar-refractivity contribution in [2.24, 2.45) is 0 Å². The first kappa shape index (κ1) is 14.8. The number of rotatable bonds is 4. The van der Waals surface area contributed by atoms with E-state index in [1.165, 1.54) is 4.68 Å². The molecule has 0 aliphatic carbocycles. The fourth-order valence-corrected chi connectivity index (χ4v) is 2.24. The molecule has 116 valence electrons. The molecule has 0 amide bonds. The van der Waals surface area contributed by atoms with E-state index in [4.69, 9.17) is 15.0 Å². The molecule has 3 aromatic rings. The molecule has 0 fully saturated rings. The number of carbonyl (C=O) groups is 1. The number of esters is 1. The summed E-state index contributed by atoms with van der Waals surface area (Å²) in [5.41, 5.74) is 10.5. The molecule has 1 N–H and O–H groups in total. The van der Waals surface area contributed by atoms with E-state index in [0.717, 1.165) is 5.56 Å². The molecule has 6 heteroatoms. The Morgan fingerprint density at radius 1 is 1.17 bits per heavy atom. The molecule has 0 unspecified atom stereocenters. The van der Waals surface area contributed by atoms with Gasteiger partial charge in [0, 0.05) is 12.1 Å². The minimum Gasteiger partial charge on any atom is -0.660 e. The molecular formula is C17H15N3O3. The van der Waals surface area contributed by atoms with Crippen LogP contribution in [-0.4, -0.2) is 17.8 Å². The van der Waals surface area contributed by atoms with Crippen molar-refractivity contribution in [3.63, 3.8) is 0 Å². The zero-order valence-electron chi connectivity index (χ0n) is 12.5. The van der Waals surface area contributed by atoms with Crippen LogP contribution in [0.15, 0.2) is 59.1 Å². The van der Waals surface area contributed by atoms with E-state index >= 15 is 0 Å². The van der Waals surface area contributed by atoms with E-state index in [2.05, 4.69) is 5.27 Å². The lowest BCUT2D eigenvalue weighted by Crippen LogP contribution is -2.34. The zero-order valence-corrected chi connectivity index (χ0v) is 12.5. The van der Waals surface area contributed by atoms with Crippen LogP contribution in [0.5, 0.6) is 0 Å². The molecule has 0 saturated carbocycles. The van der Waals surface area contributed by atoms with Gasteiger partial charge in [-0.3, -0.25) is 0 Å². The van der Waals surface area contributed by atoms with Gasteiger partial charge in [-0.2, -0.15) is 0 Å². The van der Waals surface area contributed by atoms with E-state index in [1.54, 1.807) is 31.2 Å². The van der Waals surface area contributed by atoms with Crippen LogP contribution < -0.4 is 4.68 Å². The maximum absolute atomic E-state index is 11.7. The van der Waals surface area contributed by atoms with Crippen molar-refractivity contribution in [1.29, 1.82) is 0 Å². The van der Waals surface area contributed by atoms with Gasteiger partial charge < -0.3 is 15.0 Å². The van der Waals surface area contributed by atoms with Gasteiger partial charge >= 0.3 is 5.97 Å². The Balaban J connectivity index is 1.99. The SMILES string of the molecule is CCOC(=O)c1ccc(-[n+]2noc([NH-])c2-c2ccccc2)cc1. The van der Waals surface area contributed by atoms with Gasteiger partial charge in [0.15, 0.2) is 0 Å². The summed E-state index contributed by atoms with van der Waals surface area (Å²) in [6.07, 6.45) is 0. The number of carbonyl (C=O) groups excluding carboxylic acids is 1. The number of hydrogen-bond acceptors (Lipinski definition) is 4. The standard InChI is InChI=1S/C17H15N3O3/c1-2-22-17(21)13-8-10-14(11-9-13)20-15(16(18)23-19-20)12-6-4-3-5-7-12/h3-11H,2H2,1H3,(H-,18,19). The molecule has 1 heterocycles. The second-order valence-electron chi connectivity index (χ2n) is 4.80. The molecule has 0 aliphatic heterocycles. The molecule has 2 aromatic carbocycles. The van der Waals surface area contributed by atoms with Crippen LogP contribution in [0, 0.1) is 0 Å². The van der Waals surface area contributed by atoms with Gasteiger partial charge in [0.25, 0.3) is 5.69 Å². The highest BCUT2D eigenvalue weighted by molar-refractivity contribution is 5.89. The predicted octanol–water partition coefficient (Wildman–Crippen LogP) is 3.48. The fourth-order valence-electron chi connectivity index (χ4n) is 2.24.